The summed E-state index contributed by atoms with van der Waals surface area (Å²) < 4.78 is 2.12. The van der Waals surface area contributed by atoms with E-state index >= 15 is 0 Å². The fraction of sp³-hybridized carbons (Fsp3) is 0.700. The fourth-order valence-electron chi connectivity index (χ4n) is 1.38. The highest BCUT2D eigenvalue weighted by atomic mass is 16.3. The van der Waals surface area contributed by atoms with Crippen molar-refractivity contribution < 1.29 is 5.11 Å². The van der Waals surface area contributed by atoms with Crippen molar-refractivity contribution in [3.63, 3.8) is 0 Å². The van der Waals surface area contributed by atoms with Crippen molar-refractivity contribution >= 4 is 0 Å². The second-order valence-electron chi connectivity index (χ2n) is 3.90. The lowest BCUT2D eigenvalue weighted by molar-refractivity contribution is 0.277. The zero-order valence-corrected chi connectivity index (χ0v) is 8.78. The average molecular weight is 182 g/mol. The molecule has 0 radical (unpaired) electrons. The molecule has 0 saturated carbocycles. The van der Waals surface area contributed by atoms with Gasteiger partial charge in [-0.3, -0.25) is 0 Å². The van der Waals surface area contributed by atoms with Crippen LogP contribution in [0.15, 0.2) is 6.20 Å². The van der Waals surface area contributed by atoms with Gasteiger partial charge in [0.15, 0.2) is 0 Å². The Kier molecular flexibility index (Phi) is 3.09. The molecule has 0 fully saturated rings. The number of aliphatic hydroxyl groups is 1. The molecule has 0 aliphatic carbocycles. The van der Waals surface area contributed by atoms with Crippen molar-refractivity contribution in [3.8, 4) is 0 Å². The van der Waals surface area contributed by atoms with E-state index in [9.17, 15) is 0 Å². The molecule has 0 atom stereocenters. The van der Waals surface area contributed by atoms with Crippen LogP contribution in [0.1, 0.15) is 51.2 Å². The van der Waals surface area contributed by atoms with Gasteiger partial charge in [0, 0.05) is 18.2 Å². The van der Waals surface area contributed by atoms with Crippen LogP contribution < -0.4 is 0 Å². The Morgan fingerprint density at radius 1 is 1.38 bits per heavy atom. The van der Waals surface area contributed by atoms with Crippen molar-refractivity contribution in [1.29, 1.82) is 0 Å². The van der Waals surface area contributed by atoms with Gasteiger partial charge in [-0.05, 0) is 13.8 Å². The summed E-state index contributed by atoms with van der Waals surface area (Å²) in [5.74, 6) is 1.46. The van der Waals surface area contributed by atoms with Gasteiger partial charge in [0.2, 0.25) is 0 Å². The van der Waals surface area contributed by atoms with Crippen LogP contribution in [0, 0.1) is 0 Å². The van der Waals surface area contributed by atoms with E-state index in [0.717, 1.165) is 11.5 Å². The number of hydrogen-bond donors (Lipinski definition) is 1. The fourth-order valence-corrected chi connectivity index (χ4v) is 1.38. The molecule has 0 saturated heterocycles. The van der Waals surface area contributed by atoms with E-state index in [2.05, 4.69) is 37.2 Å². The predicted molar refractivity (Wildman–Crippen MR) is 52.6 cm³/mol. The SMILES string of the molecule is CC(C)c1nc(CO)cn1C(C)C. The van der Waals surface area contributed by atoms with Gasteiger partial charge in [-0.1, -0.05) is 13.8 Å². The highest BCUT2D eigenvalue weighted by Crippen LogP contribution is 2.18. The molecular weight excluding hydrogens is 164 g/mol. The molecule has 74 valence electrons. The van der Waals surface area contributed by atoms with Crippen LogP contribution >= 0.6 is 0 Å². The molecular formula is C10H18N2O. The number of rotatable bonds is 3. The van der Waals surface area contributed by atoms with Gasteiger partial charge in [-0.15, -0.1) is 0 Å². The highest BCUT2D eigenvalue weighted by molar-refractivity contribution is 5.07. The standard InChI is InChI=1S/C10H18N2O/c1-7(2)10-11-9(6-13)5-12(10)8(3)4/h5,7-8,13H,6H2,1-4H3. The largest absolute Gasteiger partial charge is 0.390 e. The lowest BCUT2D eigenvalue weighted by Crippen LogP contribution is -2.06. The smallest absolute Gasteiger partial charge is 0.111 e. The average Bonchev–Trinajstić information content (AvgIpc) is 2.47. The summed E-state index contributed by atoms with van der Waals surface area (Å²) in [6.45, 7) is 8.49. The summed E-state index contributed by atoms with van der Waals surface area (Å²) in [6.07, 6.45) is 1.93. The molecule has 3 nitrogen and oxygen atoms in total. The van der Waals surface area contributed by atoms with E-state index in [4.69, 9.17) is 5.11 Å². The third-order valence-electron chi connectivity index (χ3n) is 2.05. The quantitative estimate of drug-likeness (QED) is 0.777. The van der Waals surface area contributed by atoms with Crippen LogP contribution in [0.3, 0.4) is 0 Å². The normalized spacial score (nSPS) is 11.6. The van der Waals surface area contributed by atoms with Gasteiger partial charge in [-0.25, -0.2) is 4.98 Å². The molecule has 0 spiro atoms. The number of aliphatic hydroxyl groups excluding tert-OH is 1. The minimum Gasteiger partial charge on any atom is -0.390 e. The zero-order chi connectivity index (χ0) is 10.0. The van der Waals surface area contributed by atoms with Crippen molar-refractivity contribution in [2.24, 2.45) is 0 Å². The molecule has 1 N–H and O–H groups in total. The second-order valence-corrected chi connectivity index (χ2v) is 3.90. The highest BCUT2D eigenvalue weighted by Gasteiger charge is 2.12. The summed E-state index contributed by atoms with van der Waals surface area (Å²) in [5, 5.41) is 8.96. The van der Waals surface area contributed by atoms with Crippen molar-refractivity contribution in [2.45, 2.75) is 46.3 Å². The molecule has 1 heterocycles. The van der Waals surface area contributed by atoms with Gasteiger partial charge in [0.1, 0.15) is 5.82 Å². The first-order chi connectivity index (χ1) is 6.06. The van der Waals surface area contributed by atoms with E-state index in [0.29, 0.717) is 12.0 Å². The van der Waals surface area contributed by atoms with Crippen LogP contribution in [-0.4, -0.2) is 14.7 Å². The molecule has 1 rings (SSSR count). The number of aromatic nitrogens is 2. The maximum atomic E-state index is 8.96. The summed E-state index contributed by atoms with van der Waals surface area (Å²) in [7, 11) is 0. The number of nitrogens with zero attached hydrogens (tertiary/aromatic N) is 2. The molecule has 1 aromatic heterocycles. The third kappa shape index (κ3) is 2.10. The van der Waals surface area contributed by atoms with Gasteiger partial charge < -0.3 is 9.67 Å². The van der Waals surface area contributed by atoms with Gasteiger partial charge in [0.25, 0.3) is 0 Å². The first-order valence-corrected chi connectivity index (χ1v) is 4.74. The second kappa shape index (κ2) is 3.92. The molecule has 0 bridgehead atoms. The van der Waals surface area contributed by atoms with Gasteiger partial charge >= 0.3 is 0 Å². The van der Waals surface area contributed by atoms with E-state index in [1.54, 1.807) is 0 Å². The summed E-state index contributed by atoms with van der Waals surface area (Å²) in [5.41, 5.74) is 0.761. The Morgan fingerprint density at radius 3 is 2.31 bits per heavy atom. The first-order valence-electron chi connectivity index (χ1n) is 4.74. The van der Waals surface area contributed by atoms with Crippen molar-refractivity contribution in [2.75, 3.05) is 0 Å². The minimum atomic E-state index is 0.0272. The van der Waals surface area contributed by atoms with E-state index in [-0.39, 0.29) is 6.61 Å². The van der Waals surface area contributed by atoms with Crippen LogP contribution in [0.2, 0.25) is 0 Å². The van der Waals surface area contributed by atoms with Crippen molar-refractivity contribution in [1.82, 2.24) is 9.55 Å². The third-order valence-corrected chi connectivity index (χ3v) is 2.05. The Balaban J connectivity index is 3.08. The molecule has 0 amide bonds. The molecule has 0 aliphatic rings. The van der Waals surface area contributed by atoms with Crippen molar-refractivity contribution in [3.05, 3.63) is 17.7 Å². The van der Waals surface area contributed by atoms with Gasteiger partial charge in [0.05, 0.1) is 12.3 Å². The van der Waals surface area contributed by atoms with Crippen LogP contribution in [0.25, 0.3) is 0 Å². The van der Waals surface area contributed by atoms with E-state index in [1.807, 2.05) is 6.20 Å². The minimum absolute atomic E-state index is 0.0272. The molecule has 0 aromatic carbocycles. The summed E-state index contributed by atoms with van der Waals surface area (Å²) >= 11 is 0. The zero-order valence-electron chi connectivity index (χ0n) is 8.78. The summed E-state index contributed by atoms with van der Waals surface area (Å²) in [4.78, 5) is 4.36. The predicted octanol–water partition coefficient (Wildman–Crippen LogP) is 2.08. The lowest BCUT2D eigenvalue weighted by Gasteiger charge is -2.12. The molecule has 0 unspecified atom stereocenters. The van der Waals surface area contributed by atoms with Gasteiger partial charge in [-0.2, -0.15) is 0 Å². The number of hydrogen-bond acceptors (Lipinski definition) is 2. The first kappa shape index (κ1) is 10.3. The summed E-state index contributed by atoms with van der Waals surface area (Å²) in [6, 6.07) is 0.408. The topological polar surface area (TPSA) is 38.1 Å². The van der Waals surface area contributed by atoms with E-state index in [1.165, 1.54) is 0 Å². The molecule has 3 heteroatoms. The van der Waals surface area contributed by atoms with Crippen LogP contribution in [0.5, 0.6) is 0 Å². The lowest BCUT2D eigenvalue weighted by atomic mass is 10.2. The van der Waals surface area contributed by atoms with E-state index < -0.39 is 0 Å². The maximum Gasteiger partial charge on any atom is 0.111 e. The molecule has 1 aromatic rings. The number of imidazole rings is 1. The maximum absolute atomic E-state index is 8.96. The Labute approximate surface area is 79.4 Å². The monoisotopic (exact) mass is 182 g/mol. The molecule has 13 heavy (non-hydrogen) atoms. The Bertz CT molecular complexity index is 251. The van der Waals surface area contributed by atoms with Crippen LogP contribution in [-0.2, 0) is 6.61 Å². The molecule has 0 aliphatic heterocycles. The Hall–Kier alpha value is -0.830. The van der Waals surface area contributed by atoms with Crippen LogP contribution in [0.4, 0.5) is 0 Å². The Morgan fingerprint density at radius 2 is 2.00 bits per heavy atom.